The summed E-state index contributed by atoms with van der Waals surface area (Å²) in [7, 11) is 0. The predicted molar refractivity (Wildman–Crippen MR) is 108 cm³/mol. The molecule has 0 radical (unpaired) electrons. The van der Waals surface area contributed by atoms with Crippen molar-refractivity contribution in [3.63, 3.8) is 0 Å². The molecule has 2 aliphatic rings. The van der Waals surface area contributed by atoms with Crippen LogP contribution in [-0.4, -0.2) is 32.2 Å². The zero-order valence-electron chi connectivity index (χ0n) is 15.9. The number of benzene rings is 2. The van der Waals surface area contributed by atoms with Crippen molar-refractivity contribution in [3.8, 4) is 0 Å². The number of amides is 1. The van der Waals surface area contributed by atoms with Crippen LogP contribution < -0.4 is 10.2 Å². The molecule has 0 spiro atoms. The summed E-state index contributed by atoms with van der Waals surface area (Å²) in [4.78, 5) is 14.7. The number of anilines is 1. The second kappa shape index (κ2) is 8.57. The summed E-state index contributed by atoms with van der Waals surface area (Å²) in [6.45, 7) is 4.04. The number of hydrogen-bond donors (Lipinski definition) is 1. The van der Waals surface area contributed by atoms with Crippen LogP contribution in [0.25, 0.3) is 0 Å². The standard InChI is InChI=1S/C23H28N2O2/c26-23(16-19-5-8-20-3-1-2-4-21(20)15-19)24-17-18-6-9-22(10-7-18)25-11-13-27-14-12-25/h5-10,15H,1-4,11-14,16-17H2,(H,24,26). The van der Waals surface area contributed by atoms with Crippen molar-refractivity contribution in [1.29, 1.82) is 0 Å². The summed E-state index contributed by atoms with van der Waals surface area (Å²) in [5, 5.41) is 3.05. The molecule has 1 N–H and O–H groups in total. The Morgan fingerprint density at radius 1 is 0.926 bits per heavy atom. The fourth-order valence-electron chi connectivity index (χ4n) is 3.99. The van der Waals surface area contributed by atoms with Gasteiger partial charge in [0.15, 0.2) is 0 Å². The third kappa shape index (κ3) is 4.69. The fourth-order valence-corrected chi connectivity index (χ4v) is 3.99. The van der Waals surface area contributed by atoms with E-state index in [-0.39, 0.29) is 5.91 Å². The molecule has 1 amide bonds. The zero-order valence-corrected chi connectivity index (χ0v) is 15.9. The number of carbonyl (C=O) groups is 1. The minimum absolute atomic E-state index is 0.0861. The molecule has 4 heteroatoms. The molecule has 142 valence electrons. The Labute approximate surface area is 161 Å². The first kappa shape index (κ1) is 18.1. The van der Waals surface area contributed by atoms with Gasteiger partial charge in [-0.2, -0.15) is 0 Å². The van der Waals surface area contributed by atoms with Gasteiger partial charge in [-0.25, -0.2) is 0 Å². The van der Waals surface area contributed by atoms with Gasteiger partial charge in [-0.15, -0.1) is 0 Å². The van der Waals surface area contributed by atoms with Crippen LogP contribution in [0.1, 0.15) is 35.1 Å². The molecule has 2 aromatic rings. The monoisotopic (exact) mass is 364 g/mol. The number of carbonyl (C=O) groups excluding carboxylic acids is 1. The van der Waals surface area contributed by atoms with Gasteiger partial charge in [0, 0.05) is 25.3 Å². The number of fused-ring (bicyclic) bond motifs is 1. The highest BCUT2D eigenvalue weighted by Gasteiger charge is 2.12. The Morgan fingerprint density at radius 3 is 2.41 bits per heavy atom. The molecule has 0 atom stereocenters. The molecule has 0 saturated carbocycles. The molecule has 1 heterocycles. The average molecular weight is 364 g/mol. The summed E-state index contributed by atoms with van der Waals surface area (Å²) in [5.74, 6) is 0.0861. The lowest BCUT2D eigenvalue weighted by molar-refractivity contribution is -0.120. The van der Waals surface area contributed by atoms with Crippen LogP contribution in [0.15, 0.2) is 42.5 Å². The molecule has 0 aromatic heterocycles. The van der Waals surface area contributed by atoms with Gasteiger partial charge < -0.3 is 15.0 Å². The minimum atomic E-state index is 0.0861. The molecular formula is C23H28N2O2. The van der Waals surface area contributed by atoms with Crippen molar-refractivity contribution in [1.82, 2.24) is 5.32 Å². The molecule has 0 bridgehead atoms. The number of nitrogens with zero attached hydrogens (tertiary/aromatic N) is 1. The number of hydrogen-bond acceptors (Lipinski definition) is 3. The van der Waals surface area contributed by atoms with Crippen LogP contribution in [0.5, 0.6) is 0 Å². The maximum absolute atomic E-state index is 12.3. The quantitative estimate of drug-likeness (QED) is 0.885. The summed E-state index contributed by atoms with van der Waals surface area (Å²) in [5.41, 5.74) is 6.38. The number of morpholine rings is 1. The van der Waals surface area contributed by atoms with E-state index in [2.05, 4.69) is 52.7 Å². The summed E-state index contributed by atoms with van der Waals surface area (Å²) < 4.78 is 5.40. The first-order valence-corrected chi connectivity index (χ1v) is 10.1. The SMILES string of the molecule is O=C(Cc1ccc2c(c1)CCCC2)NCc1ccc(N2CCOCC2)cc1. The smallest absolute Gasteiger partial charge is 0.224 e. The van der Waals surface area contributed by atoms with Crippen molar-refractivity contribution < 1.29 is 9.53 Å². The van der Waals surface area contributed by atoms with Gasteiger partial charge in [-0.3, -0.25) is 4.79 Å². The van der Waals surface area contributed by atoms with Gasteiger partial charge in [0.25, 0.3) is 0 Å². The van der Waals surface area contributed by atoms with Crippen molar-refractivity contribution >= 4 is 11.6 Å². The predicted octanol–water partition coefficient (Wildman–Crippen LogP) is 3.26. The molecular weight excluding hydrogens is 336 g/mol. The Hall–Kier alpha value is -2.33. The van der Waals surface area contributed by atoms with Gasteiger partial charge in [0.1, 0.15) is 0 Å². The van der Waals surface area contributed by atoms with E-state index in [1.807, 2.05) is 0 Å². The van der Waals surface area contributed by atoms with E-state index < -0.39 is 0 Å². The van der Waals surface area contributed by atoms with Crippen molar-refractivity contribution in [2.24, 2.45) is 0 Å². The van der Waals surface area contributed by atoms with E-state index >= 15 is 0 Å². The topological polar surface area (TPSA) is 41.6 Å². The molecule has 0 unspecified atom stereocenters. The number of ether oxygens (including phenoxy) is 1. The molecule has 1 fully saturated rings. The Kier molecular flexibility index (Phi) is 5.73. The normalized spacial score (nSPS) is 16.7. The van der Waals surface area contributed by atoms with Crippen LogP contribution >= 0.6 is 0 Å². The lowest BCUT2D eigenvalue weighted by atomic mass is 9.90. The molecule has 4 rings (SSSR count). The van der Waals surface area contributed by atoms with Gasteiger partial charge in [0.2, 0.25) is 5.91 Å². The molecule has 4 nitrogen and oxygen atoms in total. The van der Waals surface area contributed by atoms with Crippen molar-refractivity contribution in [2.45, 2.75) is 38.6 Å². The Morgan fingerprint density at radius 2 is 1.63 bits per heavy atom. The highest BCUT2D eigenvalue weighted by atomic mass is 16.5. The molecule has 1 saturated heterocycles. The maximum atomic E-state index is 12.3. The molecule has 2 aromatic carbocycles. The Balaban J connectivity index is 1.28. The van der Waals surface area contributed by atoms with E-state index in [4.69, 9.17) is 4.74 Å². The van der Waals surface area contributed by atoms with E-state index in [0.717, 1.165) is 43.9 Å². The summed E-state index contributed by atoms with van der Waals surface area (Å²) in [6, 6.07) is 15.0. The van der Waals surface area contributed by atoms with Crippen LogP contribution in [0.3, 0.4) is 0 Å². The zero-order chi connectivity index (χ0) is 18.5. The van der Waals surface area contributed by atoms with Crippen LogP contribution in [0, 0.1) is 0 Å². The fraction of sp³-hybridized carbons (Fsp3) is 0.435. The lowest BCUT2D eigenvalue weighted by Gasteiger charge is -2.28. The van der Waals surface area contributed by atoms with E-state index in [1.54, 1.807) is 0 Å². The third-order valence-corrected chi connectivity index (χ3v) is 5.58. The second-order valence-corrected chi connectivity index (χ2v) is 7.53. The van der Waals surface area contributed by atoms with Gasteiger partial charge in [0.05, 0.1) is 19.6 Å². The van der Waals surface area contributed by atoms with Crippen LogP contribution in [-0.2, 0) is 35.3 Å². The summed E-state index contributed by atoms with van der Waals surface area (Å²) in [6.07, 6.45) is 5.35. The third-order valence-electron chi connectivity index (χ3n) is 5.58. The van der Waals surface area contributed by atoms with Crippen molar-refractivity contribution in [2.75, 3.05) is 31.2 Å². The van der Waals surface area contributed by atoms with Gasteiger partial charge in [-0.1, -0.05) is 30.3 Å². The number of rotatable bonds is 5. The second-order valence-electron chi connectivity index (χ2n) is 7.53. The number of nitrogens with one attached hydrogen (secondary N) is 1. The average Bonchev–Trinajstić information content (AvgIpc) is 2.73. The van der Waals surface area contributed by atoms with Gasteiger partial charge in [-0.05, 0) is 60.1 Å². The first-order valence-electron chi connectivity index (χ1n) is 10.1. The molecule has 27 heavy (non-hydrogen) atoms. The first-order chi connectivity index (χ1) is 13.3. The van der Waals surface area contributed by atoms with Crippen LogP contribution in [0.4, 0.5) is 5.69 Å². The van der Waals surface area contributed by atoms with Crippen LogP contribution in [0.2, 0.25) is 0 Å². The Bertz CT molecular complexity index is 779. The van der Waals surface area contributed by atoms with Gasteiger partial charge >= 0.3 is 0 Å². The maximum Gasteiger partial charge on any atom is 0.224 e. The van der Waals surface area contributed by atoms with E-state index in [1.165, 1.54) is 36.1 Å². The largest absolute Gasteiger partial charge is 0.378 e. The number of aryl methyl sites for hydroxylation is 2. The highest BCUT2D eigenvalue weighted by molar-refractivity contribution is 5.78. The molecule has 1 aliphatic heterocycles. The highest BCUT2D eigenvalue weighted by Crippen LogP contribution is 2.22. The van der Waals surface area contributed by atoms with E-state index in [9.17, 15) is 4.79 Å². The van der Waals surface area contributed by atoms with Crippen molar-refractivity contribution in [3.05, 3.63) is 64.7 Å². The molecule has 1 aliphatic carbocycles. The summed E-state index contributed by atoms with van der Waals surface area (Å²) >= 11 is 0. The van der Waals surface area contributed by atoms with E-state index in [0.29, 0.717) is 13.0 Å². The minimum Gasteiger partial charge on any atom is -0.378 e. The lowest BCUT2D eigenvalue weighted by Crippen LogP contribution is -2.36.